The lowest BCUT2D eigenvalue weighted by Gasteiger charge is -2.37. The maximum atomic E-state index is 3.34. The molecule has 0 aromatic carbocycles. The van der Waals surface area contributed by atoms with E-state index in [2.05, 4.69) is 45.0 Å². The molecule has 0 fully saturated rings. The molecule has 0 spiro atoms. The Bertz CT molecular complexity index is 128. The smallest absolute Gasteiger partial charge is 0.0189 e. The van der Waals surface area contributed by atoms with Crippen LogP contribution in [0.15, 0.2) is 0 Å². The number of likely N-dealkylation sites (N-methyl/N-ethyl adjacent to an activating group) is 2. The summed E-state index contributed by atoms with van der Waals surface area (Å²) in [5.41, 5.74) is 0.324. The molecule has 0 radical (unpaired) electrons. The molecule has 0 heterocycles. The topological polar surface area (TPSA) is 15.3 Å². The van der Waals surface area contributed by atoms with Crippen LogP contribution in [-0.4, -0.2) is 37.1 Å². The largest absolute Gasteiger partial charge is 0.316 e. The molecule has 0 bridgehead atoms. The first-order chi connectivity index (χ1) is 5.97. The van der Waals surface area contributed by atoms with Gasteiger partial charge in [0, 0.05) is 18.1 Å². The van der Waals surface area contributed by atoms with Crippen LogP contribution in [0.5, 0.6) is 0 Å². The van der Waals surface area contributed by atoms with Crippen molar-refractivity contribution in [2.45, 2.75) is 52.1 Å². The molecule has 0 rings (SSSR count). The first-order valence-corrected chi connectivity index (χ1v) is 5.36. The van der Waals surface area contributed by atoms with Gasteiger partial charge in [0.1, 0.15) is 0 Å². The second kappa shape index (κ2) is 5.61. The van der Waals surface area contributed by atoms with Crippen LogP contribution >= 0.6 is 0 Å². The highest BCUT2D eigenvalue weighted by molar-refractivity contribution is 4.80. The summed E-state index contributed by atoms with van der Waals surface area (Å²) in [6, 6.07) is 0.621. The first-order valence-electron chi connectivity index (χ1n) is 5.36. The van der Waals surface area contributed by atoms with Gasteiger partial charge < -0.3 is 5.32 Å². The van der Waals surface area contributed by atoms with Crippen molar-refractivity contribution in [2.24, 2.45) is 0 Å². The predicted molar refractivity (Wildman–Crippen MR) is 60.1 cm³/mol. The van der Waals surface area contributed by atoms with E-state index < -0.39 is 0 Å². The summed E-state index contributed by atoms with van der Waals surface area (Å²) < 4.78 is 0. The van der Waals surface area contributed by atoms with Crippen molar-refractivity contribution in [1.29, 1.82) is 0 Å². The first kappa shape index (κ1) is 12.9. The summed E-state index contributed by atoms with van der Waals surface area (Å²) in [6.45, 7) is 10.2. The Balaban J connectivity index is 4.04. The Morgan fingerprint density at radius 3 is 2.15 bits per heavy atom. The summed E-state index contributed by atoms with van der Waals surface area (Å²) in [6.07, 6.45) is 2.39. The van der Waals surface area contributed by atoms with Crippen LogP contribution in [0.25, 0.3) is 0 Å². The molecular weight excluding hydrogens is 160 g/mol. The summed E-state index contributed by atoms with van der Waals surface area (Å²) in [4.78, 5) is 2.44. The van der Waals surface area contributed by atoms with Gasteiger partial charge in [0.15, 0.2) is 0 Å². The molecule has 0 aliphatic rings. The second-order valence-electron chi connectivity index (χ2n) is 4.44. The number of nitrogens with zero attached hydrogens (tertiary/aromatic N) is 1. The molecule has 0 aromatic heterocycles. The Hall–Kier alpha value is -0.0800. The molecule has 0 aliphatic carbocycles. The van der Waals surface area contributed by atoms with Gasteiger partial charge in [-0.3, -0.25) is 4.90 Å². The molecule has 0 aliphatic heterocycles. The Morgan fingerprint density at radius 2 is 1.85 bits per heavy atom. The van der Waals surface area contributed by atoms with E-state index in [0.717, 1.165) is 6.54 Å². The summed E-state index contributed by atoms with van der Waals surface area (Å²) in [5, 5.41) is 3.34. The summed E-state index contributed by atoms with van der Waals surface area (Å²) >= 11 is 0. The van der Waals surface area contributed by atoms with E-state index in [1.807, 2.05) is 7.05 Å². The monoisotopic (exact) mass is 186 g/mol. The van der Waals surface area contributed by atoms with Crippen LogP contribution < -0.4 is 5.32 Å². The average Bonchev–Trinajstić information content (AvgIpc) is 2.13. The second-order valence-corrected chi connectivity index (χ2v) is 4.44. The van der Waals surface area contributed by atoms with E-state index in [-0.39, 0.29) is 0 Å². The van der Waals surface area contributed by atoms with Crippen molar-refractivity contribution in [2.75, 3.05) is 20.6 Å². The zero-order chi connectivity index (χ0) is 10.5. The molecule has 1 atom stereocenters. The minimum Gasteiger partial charge on any atom is -0.316 e. The Kier molecular flexibility index (Phi) is 5.57. The molecule has 80 valence electrons. The van der Waals surface area contributed by atoms with E-state index in [1.165, 1.54) is 12.8 Å². The summed E-state index contributed by atoms with van der Waals surface area (Å²) in [5.74, 6) is 0. The van der Waals surface area contributed by atoms with Crippen molar-refractivity contribution in [3.05, 3.63) is 0 Å². The molecule has 0 saturated carbocycles. The fourth-order valence-corrected chi connectivity index (χ4v) is 1.27. The van der Waals surface area contributed by atoms with E-state index >= 15 is 0 Å². The van der Waals surface area contributed by atoms with Crippen LogP contribution in [-0.2, 0) is 0 Å². The lowest BCUT2D eigenvalue weighted by atomic mass is 9.99. The fraction of sp³-hybridized carbons (Fsp3) is 1.00. The van der Waals surface area contributed by atoms with E-state index in [0.29, 0.717) is 11.6 Å². The maximum absolute atomic E-state index is 3.34. The van der Waals surface area contributed by atoms with E-state index in [9.17, 15) is 0 Å². The minimum atomic E-state index is 0.324. The van der Waals surface area contributed by atoms with E-state index in [1.54, 1.807) is 0 Å². The molecule has 0 amide bonds. The van der Waals surface area contributed by atoms with Gasteiger partial charge >= 0.3 is 0 Å². The lowest BCUT2D eigenvalue weighted by molar-refractivity contribution is 0.136. The zero-order valence-corrected chi connectivity index (χ0v) is 10.1. The van der Waals surface area contributed by atoms with Crippen molar-refractivity contribution in [3.63, 3.8) is 0 Å². The quantitative estimate of drug-likeness (QED) is 0.683. The van der Waals surface area contributed by atoms with Gasteiger partial charge in [-0.25, -0.2) is 0 Å². The third-order valence-corrected chi connectivity index (χ3v) is 3.29. The third kappa shape index (κ3) is 4.10. The molecule has 0 saturated heterocycles. The van der Waals surface area contributed by atoms with Gasteiger partial charge in [0.2, 0.25) is 0 Å². The molecule has 1 N–H and O–H groups in total. The van der Waals surface area contributed by atoms with Gasteiger partial charge in [-0.1, -0.05) is 13.8 Å². The van der Waals surface area contributed by atoms with Crippen molar-refractivity contribution >= 4 is 0 Å². The van der Waals surface area contributed by atoms with Crippen LogP contribution in [0, 0.1) is 0 Å². The zero-order valence-electron chi connectivity index (χ0n) is 10.1. The van der Waals surface area contributed by atoms with Crippen LogP contribution in [0.4, 0.5) is 0 Å². The van der Waals surface area contributed by atoms with Gasteiger partial charge in [0.25, 0.3) is 0 Å². The lowest BCUT2D eigenvalue weighted by Crippen LogP contribution is -2.47. The molecule has 0 aromatic rings. The SMILES string of the molecule is CCC(CN(C)C(C)(C)CC)NC. The van der Waals surface area contributed by atoms with Crippen LogP contribution in [0.1, 0.15) is 40.5 Å². The normalized spacial score (nSPS) is 15.0. The van der Waals surface area contributed by atoms with Crippen molar-refractivity contribution < 1.29 is 0 Å². The predicted octanol–water partition coefficient (Wildman–Crippen LogP) is 2.10. The average molecular weight is 186 g/mol. The molecule has 2 heteroatoms. The molecular formula is C11H26N2. The molecule has 13 heavy (non-hydrogen) atoms. The highest BCUT2D eigenvalue weighted by Gasteiger charge is 2.22. The maximum Gasteiger partial charge on any atom is 0.0189 e. The number of hydrogen-bond donors (Lipinski definition) is 1. The molecule has 2 nitrogen and oxygen atoms in total. The van der Waals surface area contributed by atoms with Gasteiger partial charge in [0.05, 0.1) is 0 Å². The number of nitrogens with one attached hydrogen (secondary N) is 1. The Labute approximate surface area is 83.7 Å². The number of hydrogen-bond acceptors (Lipinski definition) is 2. The van der Waals surface area contributed by atoms with Crippen molar-refractivity contribution in [3.8, 4) is 0 Å². The van der Waals surface area contributed by atoms with Crippen LogP contribution in [0.3, 0.4) is 0 Å². The van der Waals surface area contributed by atoms with Gasteiger partial charge in [-0.15, -0.1) is 0 Å². The highest BCUT2D eigenvalue weighted by Crippen LogP contribution is 2.16. The van der Waals surface area contributed by atoms with Gasteiger partial charge in [-0.05, 0) is 40.8 Å². The minimum absolute atomic E-state index is 0.324. The van der Waals surface area contributed by atoms with Gasteiger partial charge in [-0.2, -0.15) is 0 Å². The highest BCUT2D eigenvalue weighted by atomic mass is 15.2. The fourth-order valence-electron chi connectivity index (χ4n) is 1.27. The summed E-state index contributed by atoms with van der Waals surface area (Å²) in [7, 11) is 4.25. The molecule has 1 unspecified atom stereocenters. The van der Waals surface area contributed by atoms with E-state index in [4.69, 9.17) is 0 Å². The third-order valence-electron chi connectivity index (χ3n) is 3.29. The standard InChI is InChI=1S/C11H26N2/c1-7-10(12-5)9-13(6)11(3,4)8-2/h10,12H,7-9H2,1-6H3. The number of rotatable bonds is 6. The van der Waals surface area contributed by atoms with Crippen molar-refractivity contribution in [1.82, 2.24) is 10.2 Å². The van der Waals surface area contributed by atoms with Crippen LogP contribution in [0.2, 0.25) is 0 Å². The Morgan fingerprint density at radius 1 is 1.31 bits per heavy atom.